The monoisotopic (exact) mass is 407 g/mol. The molecule has 2 heterocycles. The summed E-state index contributed by atoms with van der Waals surface area (Å²) in [6, 6.07) is 12.3. The Morgan fingerprint density at radius 3 is 2.69 bits per heavy atom. The smallest absolute Gasteiger partial charge is 0.232 e. The Kier molecular flexibility index (Phi) is 5.28. The number of carbonyl (C=O) groups is 1. The van der Waals surface area contributed by atoms with Crippen molar-refractivity contribution in [1.82, 2.24) is 4.98 Å². The molecule has 5 nitrogen and oxygen atoms in total. The lowest BCUT2D eigenvalue weighted by Gasteiger charge is -2.29. The van der Waals surface area contributed by atoms with Crippen molar-refractivity contribution in [3.05, 3.63) is 63.5 Å². The maximum atomic E-state index is 13.0. The van der Waals surface area contributed by atoms with E-state index in [1.165, 1.54) is 22.5 Å². The topological polar surface area (TPSA) is 65.5 Å². The van der Waals surface area contributed by atoms with Gasteiger partial charge in [-0.15, -0.1) is 0 Å². The highest BCUT2D eigenvalue weighted by molar-refractivity contribution is 7.16. The third-order valence-corrected chi connectivity index (χ3v) is 6.27. The molecular weight excluding hydrogens is 382 g/mol. The molecule has 0 saturated heterocycles. The zero-order chi connectivity index (χ0) is 20.5. The molecule has 0 bridgehead atoms. The van der Waals surface area contributed by atoms with Crippen LogP contribution in [0.4, 0.5) is 16.5 Å². The van der Waals surface area contributed by atoms with Gasteiger partial charge in [0.2, 0.25) is 11.8 Å². The number of anilines is 3. The van der Waals surface area contributed by atoms with Gasteiger partial charge in [0.25, 0.3) is 0 Å². The second-order valence-electron chi connectivity index (χ2n) is 7.62. The number of benzene rings is 2. The molecule has 2 aromatic carbocycles. The number of nitrogens with one attached hydrogen (secondary N) is 1. The van der Waals surface area contributed by atoms with Gasteiger partial charge in [-0.3, -0.25) is 4.79 Å². The molecule has 150 valence electrons. The highest BCUT2D eigenvalue weighted by Gasteiger charge is 2.24. The predicted octanol–water partition coefficient (Wildman–Crippen LogP) is 5.04. The highest BCUT2D eigenvalue weighted by Crippen LogP contribution is 2.34. The molecule has 4 rings (SSSR count). The van der Waals surface area contributed by atoms with Crippen molar-refractivity contribution < 1.29 is 9.90 Å². The number of fused-ring (bicyclic) bond motifs is 1. The van der Waals surface area contributed by atoms with Crippen molar-refractivity contribution in [3.8, 4) is 5.88 Å². The minimum Gasteiger partial charge on any atom is -0.492 e. The van der Waals surface area contributed by atoms with Crippen LogP contribution in [0.2, 0.25) is 0 Å². The molecule has 0 aliphatic carbocycles. The van der Waals surface area contributed by atoms with Gasteiger partial charge in [-0.05, 0) is 56.4 Å². The first kappa shape index (κ1) is 19.5. The van der Waals surface area contributed by atoms with Gasteiger partial charge in [0.15, 0.2) is 5.13 Å². The van der Waals surface area contributed by atoms with E-state index in [4.69, 9.17) is 0 Å². The number of para-hydroxylation sites is 1. The number of rotatable bonds is 4. The van der Waals surface area contributed by atoms with Crippen molar-refractivity contribution >= 4 is 33.8 Å². The molecule has 0 radical (unpaired) electrons. The maximum absolute atomic E-state index is 13.0. The van der Waals surface area contributed by atoms with E-state index in [0.717, 1.165) is 35.3 Å². The summed E-state index contributed by atoms with van der Waals surface area (Å²) >= 11 is 1.33. The number of hydrogen-bond donors (Lipinski definition) is 2. The minimum atomic E-state index is -0.0708. The van der Waals surface area contributed by atoms with E-state index in [2.05, 4.69) is 35.4 Å². The molecule has 0 spiro atoms. The number of thiazole rings is 1. The lowest BCUT2D eigenvalue weighted by atomic mass is 10.0. The van der Waals surface area contributed by atoms with Crippen LogP contribution in [0.15, 0.2) is 36.4 Å². The van der Waals surface area contributed by atoms with Crippen molar-refractivity contribution in [1.29, 1.82) is 0 Å². The van der Waals surface area contributed by atoms with Crippen molar-refractivity contribution in [2.45, 2.75) is 40.0 Å². The van der Waals surface area contributed by atoms with E-state index in [1.54, 1.807) is 0 Å². The van der Waals surface area contributed by atoms with Gasteiger partial charge in [0, 0.05) is 17.9 Å². The van der Waals surface area contributed by atoms with Gasteiger partial charge in [0.05, 0.1) is 11.3 Å². The van der Waals surface area contributed by atoms with Crippen molar-refractivity contribution in [2.75, 3.05) is 16.8 Å². The van der Waals surface area contributed by atoms with Crippen LogP contribution in [-0.4, -0.2) is 22.5 Å². The Labute approximate surface area is 175 Å². The van der Waals surface area contributed by atoms with Crippen LogP contribution in [0.3, 0.4) is 0 Å². The Morgan fingerprint density at radius 2 is 1.93 bits per heavy atom. The van der Waals surface area contributed by atoms with Crippen LogP contribution < -0.4 is 10.2 Å². The molecule has 1 aliphatic heterocycles. The molecule has 0 saturated carbocycles. The highest BCUT2D eigenvalue weighted by atomic mass is 32.1. The Morgan fingerprint density at radius 1 is 1.21 bits per heavy atom. The number of hydrogen-bond acceptors (Lipinski definition) is 5. The SMILES string of the molecule is Cc1cc(C)c(Nc2nc(O)c(CC(=O)N3CCCc4ccccc43)s2)c(C)c1. The van der Waals surface area contributed by atoms with E-state index in [1.807, 2.05) is 36.9 Å². The summed E-state index contributed by atoms with van der Waals surface area (Å²) < 4.78 is 0. The maximum Gasteiger partial charge on any atom is 0.232 e. The van der Waals surface area contributed by atoms with E-state index >= 15 is 0 Å². The summed E-state index contributed by atoms with van der Waals surface area (Å²) in [5, 5.41) is 14.2. The molecule has 1 aromatic heterocycles. The molecule has 1 amide bonds. The average Bonchev–Trinajstić information content (AvgIpc) is 3.03. The average molecular weight is 408 g/mol. The number of nitrogens with zero attached hydrogens (tertiary/aromatic N) is 2. The molecule has 0 unspecified atom stereocenters. The largest absolute Gasteiger partial charge is 0.492 e. The molecule has 2 N–H and O–H groups in total. The fourth-order valence-electron chi connectivity index (χ4n) is 4.02. The lowest BCUT2D eigenvalue weighted by Crippen LogP contribution is -2.36. The van der Waals surface area contributed by atoms with Crippen LogP contribution in [-0.2, 0) is 17.6 Å². The normalized spacial score (nSPS) is 13.3. The summed E-state index contributed by atoms with van der Waals surface area (Å²) in [5.74, 6) is -0.0797. The first-order valence-electron chi connectivity index (χ1n) is 9.84. The van der Waals surface area contributed by atoms with Crippen LogP contribution >= 0.6 is 11.3 Å². The number of amides is 1. The quantitative estimate of drug-likeness (QED) is 0.636. The van der Waals surface area contributed by atoms with E-state index in [0.29, 0.717) is 16.6 Å². The summed E-state index contributed by atoms with van der Waals surface area (Å²) in [5.41, 5.74) is 6.64. The third kappa shape index (κ3) is 3.98. The molecule has 3 aromatic rings. The zero-order valence-corrected chi connectivity index (χ0v) is 17.8. The van der Waals surface area contributed by atoms with E-state index in [9.17, 15) is 9.90 Å². The second kappa shape index (κ2) is 7.87. The number of aromatic nitrogens is 1. The van der Waals surface area contributed by atoms with Crippen molar-refractivity contribution in [2.24, 2.45) is 0 Å². The summed E-state index contributed by atoms with van der Waals surface area (Å²) in [6.07, 6.45) is 2.09. The minimum absolute atomic E-state index is 0.00894. The summed E-state index contributed by atoms with van der Waals surface area (Å²) in [4.78, 5) is 19.6. The standard InChI is InChI=1S/C23H25N3O2S/c1-14-11-15(2)21(16(3)12-14)24-23-25-22(28)19(29-23)13-20(27)26-10-6-8-17-7-4-5-9-18(17)26/h4-5,7,9,11-12,28H,6,8,10,13H2,1-3H3,(H,24,25). The van der Waals surface area contributed by atoms with Gasteiger partial charge in [-0.1, -0.05) is 47.2 Å². The van der Waals surface area contributed by atoms with Crippen molar-refractivity contribution in [3.63, 3.8) is 0 Å². The fraction of sp³-hybridized carbons (Fsp3) is 0.304. The molecule has 29 heavy (non-hydrogen) atoms. The lowest BCUT2D eigenvalue weighted by molar-refractivity contribution is -0.118. The first-order chi connectivity index (χ1) is 13.9. The van der Waals surface area contributed by atoms with Gasteiger partial charge in [-0.25, -0.2) is 0 Å². The Bertz CT molecular complexity index is 1050. The second-order valence-corrected chi connectivity index (χ2v) is 8.70. The van der Waals surface area contributed by atoms with E-state index < -0.39 is 0 Å². The molecule has 6 heteroatoms. The van der Waals surface area contributed by atoms with Crippen LogP contribution in [0, 0.1) is 20.8 Å². The number of aryl methyl sites for hydroxylation is 4. The summed E-state index contributed by atoms with van der Waals surface area (Å²) in [6.45, 7) is 6.88. The zero-order valence-electron chi connectivity index (χ0n) is 17.0. The predicted molar refractivity (Wildman–Crippen MR) is 119 cm³/mol. The first-order valence-corrected chi connectivity index (χ1v) is 10.7. The van der Waals surface area contributed by atoms with E-state index in [-0.39, 0.29) is 18.2 Å². The molecular formula is C23H25N3O2S. The van der Waals surface area contributed by atoms with Crippen LogP contribution in [0.5, 0.6) is 5.88 Å². The van der Waals surface area contributed by atoms with Crippen LogP contribution in [0.25, 0.3) is 0 Å². The third-order valence-electron chi connectivity index (χ3n) is 5.31. The molecule has 1 aliphatic rings. The fourth-order valence-corrected chi connectivity index (χ4v) is 4.87. The Hall–Kier alpha value is -2.86. The van der Waals surface area contributed by atoms with Gasteiger partial charge in [0.1, 0.15) is 0 Å². The van der Waals surface area contributed by atoms with Gasteiger partial charge < -0.3 is 15.3 Å². The van der Waals surface area contributed by atoms with Gasteiger partial charge in [-0.2, -0.15) is 4.98 Å². The van der Waals surface area contributed by atoms with Gasteiger partial charge >= 0.3 is 0 Å². The Balaban J connectivity index is 1.53. The molecule has 0 fully saturated rings. The van der Waals surface area contributed by atoms with Crippen LogP contribution in [0.1, 0.15) is 33.6 Å². The molecule has 0 atom stereocenters. The summed E-state index contributed by atoms with van der Waals surface area (Å²) in [7, 11) is 0. The number of aromatic hydroxyl groups is 1. The number of carbonyl (C=O) groups excluding carboxylic acids is 1.